The van der Waals surface area contributed by atoms with Gasteiger partial charge in [-0.25, -0.2) is 0 Å². The van der Waals surface area contributed by atoms with E-state index in [9.17, 15) is 14.4 Å². The van der Waals surface area contributed by atoms with Gasteiger partial charge in [-0.15, -0.1) is 0 Å². The molecule has 2 N–H and O–H groups in total. The average molecular weight is 490 g/mol. The lowest BCUT2D eigenvalue weighted by Crippen LogP contribution is -2.38. The van der Waals surface area contributed by atoms with Gasteiger partial charge in [-0.1, -0.05) is 74.5 Å². The molecule has 0 saturated heterocycles. The van der Waals surface area contributed by atoms with Crippen LogP contribution in [0.15, 0.2) is 77.9 Å². The number of benzene rings is 2. The molecular formula is C29H35N3O4. The van der Waals surface area contributed by atoms with Gasteiger partial charge in [0.05, 0.1) is 12.6 Å². The monoisotopic (exact) mass is 489 g/mol. The van der Waals surface area contributed by atoms with Gasteiger partial charge in [0.25, 0.3) is 11.8 Å². The first-order valence-electron chi connectivity index (χ1n) is 12.3. The van der Waals surface area contributed by atoms with Crippen molar-refractivity contribution in [3.8, 4) is 0 Å². The molecule has 1 atom stereocenters. The molecule has 2 aromatic carbocycles. The van der Waals surface area contributed by atoms with E-state index in [0.717, 1.165) is 17.5 Å². The average Bonchev–Trinajstić information content (AvgIpc) is 2.88. The summed E-state index contributed by atoms with van der Waals surface area (Å²) in [6, 6.07) is 19.2. The molecule has 190 valence electrons. The van der Waals surface area contributed by atoms with Crippen molar-refractivity contribution in [3.63, 3.8) is 0 Å². The molecule has 0 fully saturated rings. The zero-order chi connectivity index (χ0) is 25.9. The first kappa shape index (κ1) is 26.9. The summed E-state index contributed by atoms with van der Waals surface area (Å²) >= 11 is 0. The van der Waals surface area contributed by atoms with E-state index in [1.807, 2.05) is 60.7 Å². The molecular weight excluding hydrogens is 454 g/mol. The van der Waals surface area contributed by atoms with Gasteiger partial charge >= 0.3 is 0 Å². The predicted octanol–water partition coefficient (Wildman–Crippen LogP) is 3.98. The molecule has 3 aromatic rings. The van der Waals surface area contributed by atoms with E-state index in [1.54, 1.807) is 10.8 Å². The fraction of sp³-hybridized carbons (Fsp3) is 0.345. The first-order valence-corrected chi connectivity index (χ1v) is 12.3. The molecule has 0 aliphatic rings. The van der Waals surface area contributed by atoms with Crippen molar-refractivity contribution in [1.29, 1.82) is 0 Å². The summed E-state index contributed by atoms with van der Waals surface area (Å²) in [5, 5.41) is 5.73. The predicted molar refractivity (Wildman–Crippen MR) is 141 cm³/mol. The topological polar surface area (TPSA) is 89.4 Å². The summed E-state index contributed by atoms with van der Waals surface area (Å²) in [6.45, 7) is 5.38. The van der Waals surface area contributed by atoms with E-state index in [-0.39, 0.29) is 23.7 Å². The van der Waals surface area contributed by atoms with Crippen LogP contribution in [0, 0.1) is 5.92 Å². The van der Waals surface area contributed by atoms with Gasteiger partial charge in [-0.3, -0.25) is 14.4 Å². The molecule has 1 unspecified atom stereocenters. The van der Waals surface area contributed by atoms with Crippen molar-refractivity contribution in [2.24, 2.45) is 5.92 Å². The largest absolute Gasteiger partial charge is 0.383 e. The molecule has 7 heteroatoms. The van der Waals surface area contributed by atoms with Crippen LogP contribution in [-0.2, 0) is 17.7 Å². The number of methoxy groups -OCH3 is 1. The van der Waals surface area contributed by atoms with Crippen molar-refractivity contribution in [2.45, 2.75) is 39.3 Å². The minimum Gasteiger partial charge on any atom is -0.383 e. The lowest BCUT2D eigenvalue weighted by Gasteiger charge is -2.20. The number of nitrogens with one attached hydrogen (secondary N) is 2. The fourth-order valence-electron chi connectivity index (χ4n) is 3.88. The van der Waals surface area contributed by atoms with Crippen LogP contribution >= 0.6 is 0 Å². The number of ether oxygens (including phenoxy) is 1. The minimum absolute atomic E-state index is 0.0489. The highest BCUT2D eigenvalue weighted by Crippen LogP contribution is 2.19. The van der Waals surface area contributed by atoms with E-state index in [2.05, 4.69) is 24.5 Å². The lowest BCUT2D eigenvalue weighted by molar-refractivity contribution is 0.0933. The van der Waals surface area contributed by atoms with Crippen LogP contribution in [0.1, 0.15) is 58.2 Å². The molecule has 0 radical (unpaired) electrons. The fourth-order valence-corrected chi connectivity index (χ4v) is 3.88. The molecule has 3 rings (SSSR count). The van der Waals surface area contributed by atoms with E-state index >= 15 is 0 Å². The lowest BCUT2D eigenvalue weighted by atomic mass is 9.98. The maximum Gasteiger partial charge on any atom is 0.257 e. The summed E-state index contributed by atoms with van der Waals surface area (Å²) in [5.41, 5.74) is 1.30. The van der Waals surface area contributed by atoms with E-state index < -0.39 is 17.2 Å². The van der Waals surface area contributed by atoms with Crippen molar-refractivity contribution >= 4 is 11.8 Å². The third-order valence-electron chi connectivity index (χ3n) is 5.91. The third-order valence-corrected chi connectivity index (χ3v) is 5.91. The van der Waals surface area contributed by atoms with Gasteiger partial charge < -0.3 is 19.9 Å². The Bertz CT molecular complexity index is 1190. The number of amides is 2. The SMILES string of the molecule is COCCNC(=O)c1cn(CCC(C)C)cc(C(=O)NC(Cc2ccccc2)c2ccccc2)c1=O. The summed E-state index contributed by atoms with van der Waals surface area (Å²) in [7, 11) is 1.54. The summed E-state index contributed by atoms with van der Waals surface area (Å²) in [5.74, 6) is -0.600. The molecule has 0 spiro atoms. The summed E-state index contributed by atoms with van der Waals surface area (Å²) in [6.07, 6.45) is 4.49. The van der Waals surface area contributed by atoms with Gasteiger partial charge in [-0.05, 0) is 29.9 Å². The van der Waals surface area contributed by atoms with Crippen LogP contribution in [0.4, 0.5) is 0 Å². The number of rotatable bonds is 12. The first-order chi connectivity index (χ1) is 17.4. The highest BCUT2D eigenvalue weighted by Gasteiger charge is 2.22. The van der Waals surface area contributed by atoms with Gasteiger partial charge in [-0.2, -0.15) is 0 Å². The Kier molecular flexibility index (Phi) is 10.0. The maximum absolute atomic E-state index is 13.5. The molecule has 0 aliphatic heterocycles. The number of nitrogens with zero attached hydrogens (tertiary/aromatic N) is 1. The van der Waals surface area contributed by atoms with Crippen molar-refractivity contribution in [3.05, 3.63) is 106 Å². The van der Waals surface area contributed by atoms with Crippen molar-refractivity contribution < 1.29 is 14.3 Å². The van der Waals surface area contributed by atoms with E-state index in [4.69, 9.17) is 4.74 Å². The Morgan fingerprint density at radius 3 is 2.14 bits per heavy atom. The van der Waals surface area contributed by atoms with Crippen LogP contribution in [0.2, 0.25) is 0 Å². The van der Waals surface area contributed by atoms with Crippen LogP contribution in [-0.4, -0.2) is 36.6 Å². The van der Waals surface area contributed by atoms with Crippen molar-refractivity contribution in [1.82, 2.24) is 15.2 Å². The highest BCUT2D eigenvalue weighted by atomic mass is 16.5. The second-order valence-corrected chi connectivity index (χ2v) is 9.21. The van der Waals surface area contributed by atoms with Gasteiger partial charge in [0.1, 0.15) is 11.1 Å². The van der Waals surface area contributed by atoms with E-state index in [0.29, 0.717) is 25.5 Å². The molecule has 1 heterocycles. The number of pyridine rings is 1. The molecule has 0 saturated carbocycles. The van der Waals surface area contributed by atoms with Gasteiger partial charge in [0.15, 0.2) is 0 Å². The minimum atomic E-state index is -0.588. The van der Waals surface area contributed by atoms with Gasteiger partial charge in [0.2, 0.25) is 5.43 Å². The van der Waals surface area contributed by atoms with E-state index in [1.165, 1.54) is 13.3 Å². The maximum atomic E-state index is 13.5. The zero-order valence-corrected chi connectivity index (χ0v) is 21.2. The van der Waals surface area contributed by atoms with Crippen LogP contribution in [0.3, 0.4) is 0 Å². The molecule has 36 heavy (non-hydrogen) atoms. The molecule has 7 nitrogen and oxygen atoms in total. The Morgan fingerprint density at radius 1 is 0.917 bits per heavy atom. The van der Waals surface area contributed by atoms with Crippen molar-refractivity contribution in [2.75, 3.05) is 20.3 Å². The second-order valence-electron chi connectivity index (χ2n) is 9.21. The van der Waals surface area contributed by atoms with Crippen LogP contribution in [0.5, 0.6) is 0 Å². The Labute approximate surface area is 212 Å². The number of carbonyl (C=O) groups is 2. The molecule has 2 amide bonds. The number of aromatic nitrogens is 1. The normalized spacial score (nSPS) is 11.8. The molecule has 0 bridgehead atoms. The number of hydrogen-bond acceptors (Lipinski definition) is 4. The van der Waals surface area contributed by atoms with Crippen LogP contribution < -0.4 is 16.1 Å². The Morgan fingerprint density at radius 2 is 1.53 bits per heavy atom. The van der Waals surface area contributed by atoms with Gasteiger partial charge in [0, 0.05) is 32.6 Å². The summed E-state index contributed by atoms with van der Waals surface area (Å²) < 4.78 is 6.74. The number of carbonyl (C=O) groups excluding carboxylic acids is 2. The highest BCUT2D eigenvalue weighted by molar-refractivity contribution is 5.99. The zero-order valence-electron chi connectivity index (χ0n) is 21.2. The quantitative estimate of drug-likeness (QED) is 0.377. The third kappa shape index (κ3) is 7.65. The second kappa shape index (κ2) is 13.4. The standard InChI is InChI=1S/C29H35N3O4/c1-21(2)14-16-32-19-24(28(34)30-15-17-36-3)27(33)25(20-32)29(35)31-26(23-12-8-5-9-13-23)18-22-10-6-4-7-11-22/h4-13,19-21,26H,14-18H2,1-3H3,(H,30,34)(H,31,35). The Balaban J connectivity index is 1.93. The molecule has 1 aromatic heterocycles. The Hall–Kier alpha value is -3.71. The number of hydrogen-bond donors (Lipinski definition) is 2. The number of aryl methyl sites for hydroxylation is 1. The summed E-state index contributed by atoms with van der Waals surface area (Å²) in [4.78, 5) is 39.6. The molecule has 0 aliphatic carbocycles. The smallest absolute Gasteiger partial charge is 0.257 e. The van der Waals surface area contributed by atoms with Crippen LogP contribution in [0.25, 0.3) is 0 Å².